The van der Waals surface area contributed by atoms with Crippen molar-refractivity contribution in [2.45, 2.75) is 6.04 Å². The molecule has 15 heavy (non-hydrogen) atoms. The van der Waals surface area contributed by atoms with Crippen molar-refractivity contribution in [3.05, 3.63) is 35.9 Å². The van der Waals surface area contributed by atoms with Gasteiger partial charge in [0.25, 0.3) is 0 Å². The van der Waals surface area contributed by atoms with E-state index >= 15 is 0 Å². The lowest BCUT2D eigenvalue weighted by atomic mass is 10.1. The van der Waals surface area contributed by atoms with E-state index in [1.165, 1.54) is 0 Å². The van der Waals surface area contributed by atoms with Gasteiger partial charge in [-0.2, -0.15) is 11.8 Å². The van der Waals surface area contributed by atoms with Crippen LogP contribution in [0, 0.1) is 0 Å². The van der Waals surface area contributed by atoms with Gasteiger partial charge >= 0.3 is 0 Å². The summed E-state index contributed by atoms with van der Waals surface area (Å²) in [5.74, 6) is 1.47. The minimum Gasteiger partial charge on any atom is -0.330 e. The van der Waals surface area contributed by atoms with Crippen molar-refractivity contribution in [2.75, 3.05) is 18.1 Å². The van der Waals surface area contributed by atoms with Crippen LogP contribution in [0.1, 0.15) is 10.4 Å². The Balaban J connectivity index is 2.46. The molecule has 0 aliphatic heterocycles. The molecule has 1 rings (SSSR count). The van der Waals surface area contributed by atoms with Gasteiger partial charge in [-0.05, 0) is 0 Å². The van der Waals surface area contributed by atoms with Gasteiger partial charge in [0.2, 0.25) is 0 Å². The minimum atomic E-state index is -0.427. The van der Waals surface area contributed by atoms with Gasteiger partial charge in [-0.25, -0.2) is 0 Å². The average molecular weight is 224 g/mol. The van der Waals surface area contributed by atoms with Gasteiger partial charge in [0, 0.05) is 23.6 Å². The molecule has 1 unspecified atom stereocenters. The van der Waals surface area contributed by atoms with E-state index in [-0.39, 0.29) is 5.78 Å². The molecule has 0 bridgehead atoms. The number of nitrogens with two attached hydrogens (primary N) is 2. The third-order valence-corrected chi connectivity index (χ3v) is 3.07. The van der Waals surface area contributed by atoms with Crippen molar-refractivity contribution in [2.24, 2.45) is 11.5 Å². The predicted molar refractivity (Wildman–Crippen MR) is 65.1 cm³/mol. The number of rotatable bonds is 6. The fourth-order valence-electron chi connectivity index (χ4n) is 1.19. The summed E-state index contributed by atoms with van der Waals surface area (Å²) in [4.78, 5) is 11.8. The summed E-state index contributed by atoms with van der Waals surface area (Å²) in [6.45, 7) is 0.622. The highest BCUT2D eigenvalue weighted by molar-refractivity contribution is 7.99. The molecule has 0 spiro atoms. The molecule has 0 fully saturated rings. The van der Waals surface area contributed by atoms with E-state index in [0.29, 0.717) is 17.9 Å². The Morgan fingerprint density at radius 3 is 2.60 bits per heavy atom. The maximum Gasteiger partial charge on any atom is 0.180 e. The lowest BCUT2D eigenvalue weighted by molar-refractivity contribution is 0.0970. The Hall–Kier alpha value is -0.840. The molecule has 0 saturated carbocycles. The summed E-state index contributed by atoms with van der Waals surface area (Å²) < 4.78 is 0. The van der Waals surface area contributed by atoms with E-state index in [9.17, 15) is 4.79 Å². The largest absolute Gasteiger partial charge is 0.330 e. The van der Waals surface area contributed by atoms with Gasteiger partial charge in [0.15, 0.2) is 5.78 Å². The van der Waals surface area contributed by atoms with Crippen molar-refractivity contribution in [3.8, 4) is 0 Å². The Morgan fingerprint density at radius 2 is 2.00 bits per heavy atom. The van der Waals surface area contributed by atoms with Gasteiger partial charge in [-0.1, -0.05) is 30.3 Å². The zero-order chi connectivity index (χ0) is 11.1. The van der Waals surface area contributed by atoms with E-state index in [0.717, 1.165) is 5.75 Å². The fraction of sp³-hybridized carbons (Fsp3) is 0.364. The number of hydrogen-bond acceptors (Lipinski definition) is 4. The van der Waals surface area contributed by atoms with Crippen LogP contribution < -0.4 is 11.5 Å². The molecule has 0 saturated heterocycles. The molecule has 0 aliphatic rings. The van der Waals surface area contributed by atoms with Crippen molar-refractivity contribution >= 4 is 17.5 Å². The first-order valence-electron chi connectivity index (χ1n) is 4.88. The smallest absolute Gasteiger partial charge is 0.180 e. The van der Waals surface area contributed by atoms with E-state index in [1.807, 2.05) is 18.2 Å². The normalized spacial score (nSPS) is 12.4. The first-order chi connectivity index (χ1) is 7.25. The second-order valence-electron chi connectivity index (χ2n) is 3.20. The number of Topliss-reactive ketones (excluding diaryl/α,β-unsaturated/α-hetero) is 1. The lowest BCUT2D eigenvalue weighted by Gasteiger charge is -2.09. The number of thioether (sulfide) groups is 1. The summed E-state index contributed by atoms with van der Waals surface area (Å²) in [6, 6.07) is 8.71. The highest BCUT2D eigenvalue weighted by atomic mass is 32.2. The van der Waals surface area contributed by atoms with Crippen LogP contribution >= 0.6 is 11.8 Å². The van der Waals surface area contributed by atoms with Gasteiger partial charge in [-0.3, -0.25) is 4.79 Å². The van der Waals surface area contributed by atoms with E-state index in [2.05, 4.69) is 0 Å². The van der Waals surface area contributed by atoms with Crippen LogP contribution in [0.5, 0.6) is 0 Å². The van der Waals surface area contributed by atoms with Gasteiger partial charge in [-0.15, -0.1) is 0 Å². The molecule has 4 N–H and O–H groups in total. The standard InChI is InChI=1S/C11H16N2OS/c12-6-7-15-8-10(13)11(14)9-4-2-1-3-5-9/h1-5,10H,6-8,12-13H2. The van der Waals surface area contributed by atoms with Gasteiger partial charge < -0.3 is 11.5 Å². The maximum atomic E-state index is 11.8. The number of ketones is 1. The lowest BCUT2D eigenvalue weighted by Crippen LogP contribution is -2.33. The van der Waals surface area contributed by atoms with E-state index in [1.54, 1.807) is 23.9 Å². The average Bonchev–Trinajstić information content (AvgIpc) is 2.29. The Bertz CT molecular complexity index is 303. The quantitative estimate of drug-likeness (QED) is 0.556. The zero-order valence-corrected chi connectivity index (χ0v) is 9.37. The van der Waals surface area contributed by atoms with Crippen LogP contribution in [0.3, 0.4) is 0 Å². The molecule has 0 aliphatic carbocycles. The van der Waals surface area contributed by atoms with Crippen molar-refractivity contribution in [1.82, 2.24) is 0 Å². The van der Waals surface area contributed by atoms with Crippen molar-refractivity contribution in [1.29, 1.82) is 0 Å². The monoisotopic (exact) mass is 224 g/mol. The molecule has 0 heterocycles. The third kappa shape index (κ3) is 4.03. The molecule has 0 radical (unpaired) electrons. The Labute approximate surface area is 94.2 Å². The molecule has 4 heteroatoms. The number of carbonyl (C=O) groups is 1. The highest BCUT2D eigenvalue weighted by Crippen LogP contribution is 2.07. The van der Waals surface area contributed by atoms with Gasteiger partial charge in [0.05, 0.1) is 6.04 Å². The molecule has 3 nitrogen and oxygen atoms in total. The molecular formula is C11H16N2OS. The first kappa shape index (κ1) is 12.2. The van der Waals surface area contributed by atoms with Crippen LogP contribution in [0.4, 0.5) is 0 Å². The van der Waals surface area contributed by atoms with Crippen molar-refractivity contribution in [3.63, 3.8) is 0 Å². The maximum absolute atomic E-state index is 11.8. The fourth-order valence-corrected chi connectivity index (χ4v) is 1.92. The summed E-state index contributed by atoms with van der Waals surface area (Å²) in [5, 5.41) is 0. The van der Waals surface area contributed by atoms with Gasteiger partial charge in [0.1, 0.15) is 0 Å². The number of hydrogen-bond donors (Lipinski definition) is 2. The first-order valence-corrected chi connectivity index (χ1v) is 6.04. The van der Waals surface area contributed by atoms with Crippen LogP contribution in [0.2, 0.25) is 0 Å². The van der Waals surface area contributed by atoms with E-state index in [4.69, 9.17) is 11.5 Å². The third-order valence-electron chi connectivity index (χ3n) is 1.95. The number of benzene rings is 1. The molecule has 1 aromatic rings. The van der Waals surface area contributed by atoms with Crippen LogP contribution in [-0.4, -0.2) is 29.9 Å². The summed E-state index contributed by atoms with van der Waals surface area (Å²) in [5.41, 5.74) is 11.8. The summed E-state index contributed by atoms with van der Waals surface area (Å²) in [7, 11) is 0. The van der Waals surface area contributed by atoms with Crippen LogP contribution in [0.15, 0.2) is 30.3 Å². The minimum absolute atomic E-state index is 0.000112. The van der Waals surface area contributed by atoms with Crippen molar-refractivity contribution < 1.29 is 4.79 Å². The number of carbonyl (C=O) groups excluding carboxylic acids is 1. The molecule has 82 valence electrons. The zero-order valence-electron chi connectivity index (χ0n) is 8.56. The molecular weight excluding hydrogens is 208 g/mol. The molecule has 0 aromatic heterocycles. The summed E-state index contributed by atoms with van der Waals surface area (Å²) in [6.07, 6.45) is 0. The summed E-state index contributed by atoms with van der Waals surface area (Å²) >= 11 is 1.61. The van der Waals surface area contributed by atoms with E-state index < -0.39 is 6.04 Å². The second kappa shape index (κ2) is 6.61. The Morgan fingerprint density at radius 1 is 1.33 bits per heavy atom. The Kier molecular flexibility index (Phi) is 5.39. The molecule has 1 atom stereocenters. The second-order valence-corrected chi connectivity index (χ2v) is 4.35. The van der Waals surface area contributed by atoms with Crippen LogP contribution in [0.25, 0.3) is 0 Å². The molecule has 0 amide bonds. The highest BCUT2D eigenvalue weighted by Gasteiger charge is 2.14. The molecule has 1 aromatic carbocycles. The SMILES string of the molecule is NCCSCC(N)C(=O)c1ccccc1. The van der Waals surface area contributed by atoms with Crippen LogP contribution in [-0.2, 0) is 0 Å². The predicted octanol–water partition coefficient (Wildman–Crippen LogP) is 0.888. The topological polar surface area (TPSA) is 69.1 Å².